The second-order valence-electron chi connectivity index (χ2n) is 4.69. The van der Waals surface area contributed by atoms with E-state index in [0.717, 1.165) is 16.5 Å². The summed E-state index contributed by atoms with van der Waals surface area (Å²) in [5, 5.41) is 7.80. The van der Waals surface area contributed by atoms with E-state index in [4.69, 9.17) is 16.6 Å². The van der Waals surface area contributed by atoms with Crippen LogP contribution in [-0.2, 0) is 6.54 Å². The van der Waals surface area contributed by atoms with Crippen LogP contribution in [0.4, 0.5) is 5.95 Å². The molecule has 0 atom stereocenters. The molecule has 0 aliphatic rings. The second-order valence-corrected chi connectivity index (χ2v) is 6.09. The lowest BCUT2D eigenvalue weighted by Gasteiger charge is -2.09. The van der Waals surface area contributed by atoms with E-state index in [1.165, 1.54) is 11.8 Å². The summed E-state index contributed by atoms with van der Waals surface area (Å²) in [6.07, 6.45) is 5.00. The van der Waals surface area contributed by atoms with E-state index in [1.54, 1.807) is 24.7 Å². The summed E-state index contributed by atoms with van der Waals surface area (Å²) in [6, 6.07) is 7.33. The highest BCUT2D eigenvalue weighted by atomic mass is 32.2. The van der Waals surface area contributed by atoms with Crippen LogP contribution < -0.4 is 10.6 Å². The van der Waals surface area contributed by atoms with Crippen molar-refractivity contribution in [3.63, 3.8) is 0 Å². The van der Waals surface area contributed by atoms with Gasteiger partial charge in [-0.05, 0) is 55.2 Å². The Hall–Kier alpha value is -2.52. The number of rotatable bonds is 5. The van der Waals surface area contributed by atoms with E-state index in [-0.39, 0.29) is 0 Å². The fraction of sp³-hybridized carbons (Fsp3) is 0.133. The number of aromatic nitrogens is 4. The van der Waals surface area contributed by atoms with Gasteiger partial charge in [0.05, 0.1) is 12.8 Å². The lowest BCUT2D eigenvalue weighted by molar-refractivity contribution is 0.503. The Balaban J connectivity index is 1.63. The predicted octanol–water partition coefficient (Wildman–Crippen LogP) is 2.81. The lowest BCUT2D eigenvalue weighted by atomic mass is 10.4. The van der Waals surface area contributed by atoms with Crippen LogP contribution in [0.25, 0.3) is 0 Å². The van der Waals surface area contributed by atoms with Gasteiger partial charge in [-0.1, -0.05) is 0 Å². The van der Waals surface area contributed by atoms with Crippen molar-refractivity contribution in [2.45, 2.75) is 23.7 Å². The Morgan fingerprint density at radius 1 is 1.25 bits per heavy atom. The smallest absolute Gasteiger partial charge is 0.230 e. The zero-order valence-electron chi connectivity index (χ0n) is 12.8. The van der Waals surface area contributed by atoms with Crippen molar-refractivity contribution in [2.24, 2.45) is 0 Å². The highest BCUT2D eigenvalue weighted by Gasteiger charge is 2.07. The molecule has 24 heavy (non-hydrogen) atoms. The van der Waals surface area contributed by atoms with Gasteiger partial charge in [0.15, 0.2) is 10.3 Å². The molecule has 0 saturated carbocycles. The Morgan fingerprint density at radius 2 is 2.08 bits per heavy atom. The molecule has 0 aliphatic heterocycles. The average molecular weight is 358 g/mol. The van der Waals surface area contributed by atoms with E-state index in [0.29, 0.717) is 22.8 Å². The quantitative estimate of drug-likeness (QED) is 0.406. The van der Waals surface area contributed by atoms with Gasteiger partial charge >= 0.3 is 0 Å². The van der Waals surface area contributed by atoms with Crippen LogP contribution in [0.5, 0.6) is 0 Å². The number of nitrogens with zero attached hydrogens (tertiary/aromatic N) is 4. The summed E-state index contributed by atoms with van der Waals surface area (Å²) in [5.41, 5.74) is 0.819. The SMILES string of the molecule is Cc1cc(Sc2ncccn2)nc(NC(=S)NCc2ccco2)n1. The maximum Gasteiger partial charge on any atom is 0.230 e. The first-order valence-electron chi connectivity index (χ1n) is 7.07. The third kappa shape index (κ3) is 4.74. The van der Waals surface area contributed by atoms with Gasteiger partial charge in [-0.25, -0.2) is 19.9 Å². The van der Waals surface area contributed by atoms with Crippen LogP contribution in [-0.4, -0.2) is 25.0 Å². The van der Waals surface area contributed by atoms with Gasteiger partial charge in [-0.15, -0.1) is 0 Å². The first kappa shape index (κ1) is 16.3. The monoisotopic (exact) mass is 358 g/mol. The highest BCUT2D eigenvalue weighted by molar-refractivity contribution is 7.99. The van der Waals surface area contributed by atoms with Crippen LogP contribution in [0.3, 0.4) is 0 Å². The topological polar surface area (TPSA) is 88.8 Å². The number of thiocarbonyl (C=S) groups is 1. The maximum atomic E-state index is 5.25. The molecule has 9 heteroatoms. The molecular weight excluding hydrogens is 344 g/mol. The summed E-state index contributed by atoms with van der Waals surface area (Å²) in [5.74, 6) is 1.21. The molecule has 0 fully saturated rings. The second kappa shape index (κ2) is 7.84. The van der Waals surface area contributed by atoms with Crippen LogP contribution in [0.1, 0.15) is 11.5 Å². The summed E-state index contributed by atoms with van der Waals surface area (Å²) in [4.78, 5) is 17.1. The maximum absolute atomic E-state index is 5.25. The minimum atomic E-state index is 0.420. The van der Waals surface area contributed by atoms with E-state index < -0.39 is 0 Å². The van der Waals surface area contributed by atoms with Gasteiger partial charge in [0.25, 0.3) is 0 Å². The van der Waals surface area contributed by atoms with Gasteiger partial charge in [0.2, 0.25) is 5.95 Å². The standard InChI is InChI=1S/C15H14N6OS2/c1-10-8-12(24-15-16-5-3-6-17-15)20-13(19-10)21-14(23)18-9-11-4-2-7-22-11/h2-8H,9H2,1H3,(H2,18,19,20,21,23). The van der Waals surface area contributed by atoms with Crippen molar-refractivity contribution in [2.75, 3.05) is 5.32 Å². The third-order valence-corrected chi connectivity index (χ3v) is 3.86. The molecule has 3 heterocycles. The number of anilines is 1. The van der Waals surface area contributed by atoms with Crippen LogP contribution in [0.15, 0.2) is 57.5 Å². The molecule has 0 saturated heterocycles. The first-order valence-corrected chi connectivity index (χ1v) is 8.29. The zero-order valence-corrected chi connectivity index (χ0v) is 14.4. The normalized spacial score (nSPS) is 10.4. The van der Waals surface area contributed by atoms with E-state index in [2.05, 4.69) is 30.6 Å². The Kier molecular flexibility index (Phi) is 5.34. The number of furan rings is 1. The molecule has 0 aromatic carbocycles. The Morgan fingerprint density at radius 3 is 2.83 bits per heavy atom. The van der Waals surface area contributed by atoms with Gasteiger partial charge in [0, 0.05) is 18.1 Å². The third-order valence-electron chi connectivity index (χ3n) is 2.80. The summed E-state index contributed by atoms with van der Waals surface area (Å²) in [6.45, 7) is 2.38. The van der Waals surface area contributed by atoms with E-state index >= 15 is 0 Å². The van der Waals surface area contributed by atoms with Crippen LogP contribution >= 0.6 is 24.0 Å². The molecule has 0 unspecified atom stereocenters. The first-order chi connectivity index (χ1) is 11.7. The molecule has 0 radical (unpaired) electrons. The minimum absolute atomic E-state index is 0.420. The van der Waals surface area contributed by atoms with Crippen LogP contribution in [0, 0.1) is 6.92 Å². The summed E-state index contributed by atoms with van der Waals surface area (Å²) >= 11 is 6.61. The fourth-order valence-electron chi connectivity index (χ4n) is 1.81. The molecule has 122 valence electrons. The molecule has 3 aromatic heterocycles. The largest absolute Gasteiger partial charge is 0.467 e. The molecule has 3 aromatic rings. The van der Waals surface area contributed by atoms with Crippen molar-refractivity contribution < 1.29 is 4.42 Å². The highest BCUT2D eigenvalue weighted by Crippen LogP contribution is 2.23. The van der Waals surface area contributed by atoms with Gasteiger partial charge in [0.1, 0.15) is 10.8 Å². The van der Waals surface area contributed by atoms with Crippen molar-refractivity contribution in [1.82, 2.24) is 25.3 Å². The predicted molar refractivity (Wildman–Crippen MR) is 94.7 cm³/mol. The summed E-state index contributed by atoms with van der Waals surface area (Å²) < 4.78 is 5.24. The molecule has 2 N–H and O–H groups in total. The van der Waals surface area contributed by atoms with Crippen LogP contribution in [0.2, 0.25) is 0 Å². The molecule has 0 bridgehead atoms. The van der Waals surface area contributed by atoms with Crippen molar-refractivity contribution in [3.05, 3.63) is 54.4 Å². The fourth-order valence-corrected chi connectivity index (χ4v) is 2.75. The molecule has 3 rings (SSSR count). The number of hydrogen-bond donors (Lipinski definition) is 2. The molecule has 0 aliphatic carbocycles. The van der Waals surface area contributed by atoms with Gasteiger partial charge in [-0.3, -0.25) is 0 Å². The number of nitrogens with one attached hydrogen (secondary N) is 2. The lowest BCUT2D eigenvalue weighted by Crippen LogP contribution is -2.28. The van der Waals surface area contributed by atoms with E-state index in [1.807, 2.05) is 25.1 Å². The van der Waals surface area contributed by atoms with E-state index in [9.17, 15) is 0 Å². The van der Waals surface area contributed by atoms with Gasteiger partial charge < -0.3 is 15.1 Å². The molecular formula is C15H14N6OS2. The minimum Gasteiger partial charge on any atom is -0.467 e. The zero-order chi connectivity index (χ0) is 16.8. The molecule has 0 amide bonds. The Labute approximate surface area is 148 Å². The average Bonchev–Trinajstić information content (AvgIpc) is 3.07. The molecule has 7 nitrogen and oxygen atoms in total. The number of hydrogen-bond acceptors (Lipinski definition) is 7. The Bertz CT molecular complexity index is 810. The van der Waals surface area contributed by atoms with Crippen molar-refractivity contribution in [1.29, 1.82) is 0 Å². The van der Waals surface area contributed by atoms with Crippen molar-refractivity contribution in [3.8, 4) is 0 Å². The number of aryl methyl sites for hydroxylation is 1. The van der Waals surface area contributed by atoms with Crippen molar-refractivity contribution >= 4 is 35.0 Å². The van der Waals surface area contributed by atoms with Gasteiger partial charge in [-0.2, -0.15) is 0 Å². The summed E-state index contributed by atoms with van der Waals surface area (Å²) in [7, 11) is 0. The molecule has 0 spiro atoms.